The average molecular weight is 263 g/mol. The maximum atomic E-state index is 11.4. The van der Waals surface area contributed by atoms with Crippen molar-refractivity contribution in [1.29, 1.82) is 0 Å². The zero-order valence-electron chi connectivity index (χ0n) is 9.44. The van der Waals surface area contributed by atoms with Crippen LogP contribution in [-0.2, 0) is 19.4 Å². The van der Waals surface area contributed by atoms with Crippen LogP contribution in [0.5, 0.6) is 0 Å². The van der Waals surface area contributed by atoms with Crippen molar-refractivity contribution in [1.82, 2.24) is 10.6 Å². The molecule has 4 N–H and O–H groups in total. The highest BCUT2D eigenvalue weighted by Gasteiger charge is 2.24. The van der Waals surface area contributed by atoms with Crippen LogP contribution in [0.25, 0.3) is 0 Å². The van der Waals surface area contributed by atoms with Crippen molar-refractivity contribution in [3.05, 3.63) is 0 Å². The lowest BCUT2D eigenvalue weighted by molar-refractivity contribution is -0.125. The fourth-order valence-electron chi connectivity index (χ4n) is 1.56. The van der Waals surface area contributed by atoms with Gasteiger partial charge in [-0.05, 0) is 12.8 Å². The summed E-state index contributed by atoms with van der Waals surface area (Å²) in [7, 11) is -2.92. The molecule has 2 amide bonds. The van der Waals surface area contributed by atoms with E-state index in [1.165, 1.54) is 0 Å². The molecule has 0 radical (unpaired) electrons. The van der Waals surface area contributed by atoms with Crippen LogP contribution in [0, 0.1) is 0 Å². The van der Waals surface area contributed by atoms with E-state index in [2.05, 4.69) is 10.6 Å². The Balaban J connectivity index is 2.26. The SMILES string of the molecule is NCC(=O)NCC(=O)NC1CCS(=O)(=O)CC1. The van der Waals surface area contributed by atoms with Gasteiger partial charge in [0.25, 0.3) is 0 Å². The smallest absolute Gasteiger partial charge is 0.239 e. The van der Waals surface area contributed by atoms with Gasteiger partial charge >= 0.3 is 0 Å². The predicted octanol–water partition coefficient (Wildman–Crippen LogP) is -2.25. The minimum Gasteiger partial charge on any atom is -0.352 e. The molecule has 1 aliphatic rings. The second kappa shape index (κ2) is 5.97. The van der Waals surface area contributed by atoms with Gasteiger partial charge in [0.2, 0.25) is 11.8 Å². The van der Waals surface area contributed by atoms with E-state index >= 15 is 0 Å². The van der Waals surface area contributed by atoms with Crippen LogP contribution in [-0.4, -0.2) is 50.9 Å². The topological polar surface area (TPSA) is 118 Å². The molecule has 0 aromatic heterocycles. The molecule has 1 heterocycles. The fourth-order valence-corrected chi connectivity index (χ4v) is 3.06. The summed E-state index contributed by atoms with van der Waals surface area (Å²) in [5.74, 6) is -0.511. The maximum absolute atomic E-state index is 11.4. The third kappa shape index (κ3) is 5.14. The minimum absolute atomic E-state index is 0.104. The first kappa shape index (κ1) is 13.9. The summed E-state index contributed by atoms with van der Waals surface area (Å²) in [6.07, 6.45) is 0.859. The number of sulfone groups is 1. The van der Waals surface area contributed by atoms with E-state index in [0.717, 1.165) is 0 Å². The first-order valence-corrected chi connectivity index (χ1v) is 7.21. The predicted molar refractivity (Wildman–Crippen MR) is 61.9 cm³/mol. The van der Waals surface area contributed by atoms with E-state index in [4.69, 9.17) is 5.73 Å². The normalized spacial score (nSPS) is 19.6. The van der Waals surface area contributed by atoms with Gasteiger partial charge in [0.1, 0.15) is 9.84 Å². The molecule has 0 aromatic rings. The number of hydrogen-bond donors (Lipinski definition) is 3. The van der Waals surface area contributed by atoms with Crippen LogP contribution < -0.4 is 16.4 Å². The lowest BCUT2D eigenvalue weighted by atomic mass is 10.1. The Labute approximate surface area is 100 Å². The molecule has 0 spiro atoms. The number of rotatable bonds is 4. The maximum Gasteiger partial charge on any atom is 0.239 e. The zero-order chi connectivity index (χ0) is 12.9. The molecule has 0 aliphatic carbocycles. The Morgan fingerprint density at radius 2 is 1.76 bits per heavy atom. The van der Waals surface area contributed by atoms with Gasteiger partial charge in [-0.1, -0.05) is 0 Å². The van der Waals surface area contributed by atoms with Gasteiger partial charge < -0.3 is 16.4 Å². The Kier molecular flexibility index (Phi) is 4.88. The first-order chi connectivity index (χ1) is 7.93. The molecule has 1 fully saturated rings. The lowest BCUT2D eigenvalue weighted by Gasteiger charge is -2.23. The van der Waals surface area contributed by atoms with Crippen LogP contribution in [0.1, 0.15) is 12.8 Å². The van der Waals surface area contributed by atoms with Gasteiger partial charge in [-0.25, -0.2) is 8.42 Å². The molecule has 0 atom stereocenters. The second-order valence-corrected chi connectivity index (χ2v) is 6.28. The molecule has 8 heteroatoms. The summed E-state index contributed by atoms with van der Waals surface area (Å²) in [6, 6.07) is -0.124. The zero-order valence-corrected chi connectivity index (χ0v) is 10.3. The van der Waals surface area contributed by atoms with Crippen molar-refractivity contribution in [3.8, 4) is 0 Å². The molecule has 98 valence electrons. The Morgan fingerprint density at radius 3 is 2.29 bits per heavy atom. The number of amides is 2. The molecule has 0 bridgehead atoms. The molecule has 7 nitrogen and oxygen atoms in total. The van der Waals surface area contributed by atoms with Crippen molar-refractivity contribution >= 4 is 21.7 Å². The monoisotopic (exact) mass is 263 g/mol. The van der Waals surface area contributed by atoms with Gasteiger partial charge in [0.05, 0.1) is 24.6 Å². The van der Waals surface area contributed by atoms with Crippen molar-refractivity contribution < 1.29 is 18.0 Å². The summed E-state index contributed by atoms with van der Waals surface area (Å²) in [4.78, 5) is 22.2. The molecule has 0 saturated carbocycles. The summed E-state index contributed by atoms with van der Waals surface area (Å²) in [6.45, 7) is -0.283. The van der Waals surface area contributed by atoms with Gasteiger partial charge in [0, 0.05) is 6.04 Å². The van der Waals surface area contributed by atoms with E-state index in [1.54, 1.807) is 0 Å². The van der Waals surface area contributed by atoms with Crippen molar-refractivity contribution in [3.63, 3.8) is 0 Å². The molecule has 0 unspecified atom stereocenters. The van der Waals surface area contributed by atoms with Crippen LogP contribution in [0.3, 0.4) is 0 Å². The molecular weight excluding hydrogens is 246 g/mol. The first-order valence-electron chi connectivity index (χ1n) is 5.39. The number of carbonyl (C=O) groups is 2. The fraction of sp³-hybridized carbons (Fsp3) is 0.778. The molecular formula is C9H17N3O4S. The standard InChI is InChI=1S/C9H17N3O4S/c10-5-8(13)11-6-9(14)12-7-1-3-17(15,16)4-2-7/h7H,1-6,10H2,(H,11,13)(H,12,14). The summed E-state index contributed by atoms with van der Waals surface area (Å²) < 4.78 is 22.3. The van der Waals surface area contributed by atoms with Crippen LogP contribution in [0.4, 0.5) is 0 Å². The third-order valence-electron chi connectivity index (χ3n) is 2.55. The van der Waals surface area contributed by atoms with E-state index in [0.29, 0.717) is 12.8 Å². The van der Waals surface area contributed by atoms with Gasteiger partial charge in [0.15, 0.2) is 0 Å². The number of carbonyl (C=O) groups excluding carboxylic acids is 2. The molecule has 1 saturated heterocycles. The van der Waals surface area contributed by atoms with E-state index in [-0.39, 0.29) is 36.5 Å². The highest BCUT2D eigenvalue weighted by Crippen LogP contribution is 2.11. The summed E-state index contributed by atoms with van der Waals surface area (Å²) in [5, 5.41) is 5.02. The summed E-state index contributed by atoms with van der Waals surface area (Å²) in [5.41, 5.74) is 5.06. The molecule has 1 rings (SSSR count). The van der Waals surface area contributed by atoms with Crippen molar-refractivity contribution in [2.24, 2.45) is 5.73 Å². The largest absolute Gasteiger partial charge is 0.352 e. The number of nitrogens with one attached hydrogen (secondary N) is 2. The second-order valence-electron chi connectivity index (χ2n) is 3.97. The van der Waals surface area contributed by atoms with Gasteiger partial charge in [-0.15, -0.1) is 0 Å². The van der Waals surface area contributed by atoms with Gasteiger partial charge in [-0.3, -0.25) is 9.59 Å². The van der Waals surface area contributed by atoms with E-state index in [1.807, 2.05) is 0 Å². The van der Waals surface area contributed by atoms with Crippen LogP contribution in [0.15, 0.2) is 0 Å². The van der Waals surface area contributed by atoms with E-state index < -0.39 is 15.7 Å². The van der Waals surface area contributed by atoms with Crippen molar-refractivity contribution in [2.75, 3.05) is 24.6 Å². The Bertz CT molecular complexity index is 379. The summed E-state index contributed by atoms with van der Waals surface area (Å²) >= 11 is 0. The average Bonchev–Trinajstić information content (AvgIpc) is 2.29. The number of nitrogens with two attached hydrogens (primary N) is 1. The molecule has 0 aromatic carbocycles. The lowest BCUT2D eigenvalue weighted by Crippen LogP contribution is -2.45. The van der Waals surface area contributed by atoms with Crippen LogP contribution in [0.2, 0.25) is 0 Å². The molecule has 17 heavy (non-hydrogen) atoms. The number of hydrogen-bond acceptors (Lipinski definition) is 5. The molecule has 1 aliphatic heterocycles. The van der Waals surface area contributed by atoms with Crippen LogP contribution >= 0.6 is 0 Å². The van der Waals surface area contributed by atoms with E-state index in [9.17, 15) is 18.0 Å². The minimum atomic E-state index is -2.92. The highest BCUT2D eigenvalue weighted by molar-refractivity contribution is 7.91. The van der Waals surface area contributed by atoms with Crippen molar-refractivity contribution in [2.45, 2.75) is 18.9 Å². The quantitative estimate of drug-likeness (QED) is 0.529. The Morgan fingerprint density at radius 1 is 1.18 bits per heavy atom. The highest BCUT2D eigenvalue weighted by atomic mass is 32.2. The third-order valence-corrected chi connectivity index (χ3v) is 4.27. The Hall–Kier alpha value is -1.15. The van der Waals surface area contributed by atoms with Gasteiger partial charge in [-0.2, -0.15) is 0 Å².